The number of benzene rings is 1. The molecule has 0 radical (unpaired) electrons. The van der Waals surface area contributed by atoms with E-state index >= 15 is 0 Å². The van der Waals surface area contributed by atoms with E-state index in [0.29, 0.717) is 0 Å². The van der Waals surface area contributed by atoms with Gasteiger partial charge in [-0.3, -0.25) is 4.79 Å². The first-order valence-electron chi connectivity index (χ1n) is 6.51. The number of aromatic carboxylic acids is 1. The number of carboxylic acid groups (broad SMARTS) is 1. The number of amides is 1. The zero-order chi connectivity index (χ0) is 15.6. The Morgan fingerprint density at radius 3 is 2.43 bits per heavy atom. The predicted octanol–water partition coefficient (Wildman–Crippen LogP) is 3.29. The van der Waals surface area contributed by atoms with Gasteiger partial charge in [-0.25, -0.2) is 18.0 Å². The Balaban J connectivity index is 2.11. The molecule has 0 aliphatic heterocycles. The van der Waals surface area contributed by atoms with Crippen molar-refractivity contribution in [2.24, 2.45) is 5.92 Å². The molecule has 1 aromatic rings. The van der Waals surface area contributed by atoms with Crippen molar-refractivity contribution in [1.82, 2.24) is 0 Å². The monoisotopic (exact) mass is 301 g/mol. The standard InChI is InChI=1S/C14H14F3NO3/c15-9-2-1-3-10(11(9)13(20)21)18-12(19)8-4-6-14(16,17)7-5-8/h1-3,8H,4-7H2,(H,18,19)(H,20,21). The smallest absolute Gasteiger partial charge is 0.340 e. The van der Waals surface area contributed by atoms with Crippen LogP contribution in [0.5, 0.6) is 0 Å². The molecule has 2 rings (SSSR count). The fourth-order valence-corrected chi connectivity index (χ4v) is 2.38. The van der Waals surface area contributed by atoms with Crippen LogP contribution >= 0.6 is 0 Å². The number of carbonyl (C=O) groups excluding carboxylic acids is 1. The molecule has 21 heavy (non-hydrogen) atoms. The van der Waals surface area contributed by atoms with Gasteiger partial charge in [0.05, 0.1) is 5.69 Å². The van der Waals surface area contributed by atoms with Gasteiger partial charge < -0.3 is 10.4 Å². The van der Waals surface area contributed by atoms with Crippen LogP contribution in [0.3, 0.4) is 0 Å². The zero-order valence-electron chi connectivity index (χ0n) is 11.0. The van der Waals surface area contributed by atoms with Gasteiger partial charge in [-0.05, 0) is 25.0 Å². The molecule has 4 nitrogen and oxygen atoms in total. The highest BCUT2D eigenvalue weighted by molar-refractivity contribution is 6.01. The number of hydrogen-bond acceptors (Lipinski definition) is 2. The molecule has 1 saturated carbocycles. The van der Waals surface area contributed by atoms with Crippen LogP contribution in [0, 0.1) is 11.7 Å². The van der Waals surface area contributed by atoms with E-state index in [4.69, 9.17) is 5.11 Å². The van der Waals surface area contributed by atoms with Crippen molar-refractivity contribution in [3.05, 3.63) is 29.6 Å². The van der Waals surface area contributed by atoms with Crippen LogP contribution in [-0.4, -0.2) is 22.9 Å². The summed E-state index contributed by atoms with van der Waals surface area (Å²) in [7, 11) is 0. The third-order valence-electron chi connectivity index (χ3n) is 3.57. The van der Waals surface area contributed by atoms with Crippen LogP contribution in [0.4, 0.5) is 18.9 Å². The summed E-state index contributed by atoms with van der Waals surface area (Å²) in [5, 5.41) is 11.3. The number of halogens is 3. The Morgan fingerprint density at radius 2 is 1.86 bits per heavy atom. The fraction of sp³-hybridized carbons (Fsp3) is 0.429. The van der Waals surface area contributed by atoms with E-state index in [1.807, 2.05) is 0 Å². The Hall–Kier alpha value is -2.05. The lowest BCUT2D eigenvalue weighted by molar-refractivity contribution is -0.124. The molecule has 0 bridgehead atoms. The predicted molar refractivity (Wildman–Crippen MR) is 68.9 cm³/mol. The average Bonchev–Trinajstić information content (AvgIpc) is 2.38. The summed E-state index contributed by atoms with van der Waals surface area (Å²) in [6, 6.07) is 3.51. The number of alkyl halides is 2. The molecule has 1 aromatic carbocycles. The van der Waals surface area contributed by atoms with Crippen molar-refractivity contribution in [2.45, 2.75) is 31.6 Å². The van der Waals surface area contributed by atoms with Crippen molar-refractivity contribution < 1.29 is 27.9 Å². The molecule has 114 valence electrons. The lowest BCUT2D eigenvalue weighted by atomic mass is 9.86. The maximum Gasteiger partial charge on any atom is 0.340 e. The van der Waals surface area contributed by atoms with Gasteiger partial charge in [0.15, 0.2) is 0 Å². The molecule has 0 saturated heterocycles. The summed E-state index contributed by atoms with van der Waals surface area (Å²) in [5.41, 5.74) is -0.795. The topological polar surface area (TPSA) is 66.4 Å². The maximum absolute atomic E-state index is 13.5. The summed E-state index contributed by atoms with van der Waals surface area (Å²) in [5.74, 6) is -6.39. The zero-order valence-corrected chi connectivity index (χ0v) is 11.0. The summed E-state index contributed by atoms with van der Waals surface area (Å²) in [6.07, 6.45) is -0.701. The van der Waals surface area contributed by atoms with Gasteiger partial charge in [-0.1, -0.05) is 6.07 Å². The van der Waals surface area contributed by atoms with Crippen molar-refractivity contribution in [3.63, 3.8) is 0 Å². The van der Waals surface area contributed by atoms with E-state index in [1.54, 1.807) is 0 Å². The fourth-order valence-electron chi connectivity index (χ4n) is 2.38. The molecule has 0 spiro atoms. The van der Waals surface area contributed by atoms with Crippen molar-refractivity contribution in [2.75, 3.05) is 5.32 Å². The minimum Gasteiger partial charge on any atom is -0.478 e. The summed E-state index contributed by atoms with van der Waals surface area (Å²) in [4.78, 5) is 23.0. The Kier molecular flexibility index (Phi) is 4.20. The second-order valence-electron chi connectivity index (χ2n) is 5.09. The number of nitrogens with one attached hydrogen (secondary N) is 1. The number of anilines is 1. The molecule has 1 aliphatic rings. The van der Waals surface area contributed by atoms with E-state index in [0.717, 1.165) is 6.07 Å². The van der Waals surface area contributed by atoms with Crippen LogP contribution in [-0.2, 0) is 4.79 Å². The lowest BCUT2D eigenvalue weighted by Gasteiger charge is -2.27. The third-order valence-corrected chi connectivity index (χ3v) is 3.57. The van der Waals surface area contributed by atoms with Crippen molar-refractivity contribution in [3.8, 4) is 0 Å². The van der Waals surface area contributed by atoms with E-state index in [1.165, 1.54) is 12.1 Å². The van der Waals surface area contributed by atoms with Crippen molar-refractivity contribution in [1.29, 1.82) is 0 Å². The molecule has 1 fully saturated rings. The molecule has 0 atom stereocenters. The largest absolute Gasteiger partial charge is 0.478 e. The lowest BCUT2D eigenvalue weighted by Crippen LogP contribution is -2.32. The van der Waals surface area contributed by atoms with Gasteiger partial charge >= 0.3 is 5.97 Å². The number of rotatable bonds is 3. The van der Waals surface area contributed by atoms with Crippen LogP contribution in [0.1, 0.15) is 36.0 Å². The SMILES string of the molecule is O=C(O)c1c(F)cccc1NC(=O)C1CCC(F)(F)CC1. The summed E-state index contributed by atoms with van der Waals surface area (Å²) < 4.78 is 39.5. The maximum atomic E-state index is 13.5. The van der Waals surface area contributed by atoms with Crippen LogP contribution < -0.4 is 5.32 Å². The summed E-state index contributed by atoms with van der Waals surface area (Å²) in [6.45, 7) is 0. The minimum atomic E-state index is -2.75. The normalized spacial score (nSPS) is 18.2. The van der Waals surface area contributed by atoms with Crippen LogP contribution in [0.2, 0.25) is 0 Å². The molecular weight excluding hydrogens is 287 g/mol. The Morgan fingerprint density at radius 1 is 1.24 bits per heavy atom. The molecule has 2 N–H and O–H groups in total. The first-order chi connectivity index (χ1) is 9.80. The van der Waals surface area contributed by atoms with E-state index < -0.39 is 35.1 Å². The van der Waals surface area contributed by atoms with E-state index in [-0.39, 0.29) is 31.4 Å². The first kappa shape index (κ1) is 15.3. The third kappa shape index (κ3) is 3.53. The highest BCUT2D eigenvalue weighted by Gasteiger charge is 2.37. The second-order valence-corrected chi connectivity index (χ2v) is 5.09. The Bertz CT molecular complexity index is 565. The number of carbonyl (C=O) groups is 2. The highest BCUT2D eigenvalue weighted by atomic mass is 19.3. The molecule has 7 heteroatoms. The van der Waals surface area contributed by atoms with E-state index in [2.05, 4.69) is 5.32 Å². The number of hydrogen-bond donors (Lipinski definition) is 2. The van der Waals surface area contributed by atoms with Gasteiger partial charge in [-0.2, -0.15) is 0 Å². The van der Waals surface area contributed by atoms with Gasteiger partial charge in [-0.15, -0.1) is 0 Å². The quantitative estimate of drug-likeness (QED) is 0.900. The first-order valence-corrected chi connectivity index (χ1v) is 6.51. The molecule has 1 amide bonds. The summed E-state index contributed by atoms with van der Waals surface area (Å²) >= 11 is 0. The minimum absolute atomic E-state index is 0.0244. The van der Waals surface area contributed by atoms with Gasteiger partial charge in [0.2, 0.25) is 11.8 Å². The van der Waals surface area contributed by atoms with Gasteiger partial charge in [0.1, 0.15) is 11.4 Å². The van der Waals surface area contributed by atoms with Gasteiger partial charge in [0.25, 0.3) is 0 Å². The molecule has 0 aromatic heterocycles. The van der Waals surface area contributed by atoms with Crippen LogP contribution in [0.25, 0.3) is 0 Å². The van der Waals surface area contributed by atoms with E-state index in [9.17, 15) is 22.8 Å². The second kappa shape index (κ2) is 5.75. The highest BCUT2D eigenvalue weighted by Crippen LogP contribution is 2.36. The average molecular weight is 301 g/mol. The molecule has 0 unspecified atom stereocenters. The molecular formula is C14H14F3NO3. The van der Waals surface area contributed by atoms with Gasteiger partial charge in [0, 0.05) is 18.8 Å². The van der Waals surface area contributed by atoms with Crippen molar-refractivity contribution >= 4 is 17.6 Å². The molecule has 0 heterocycles. The van der Waals surface area contributed by atoms with Crippen LogP contribution in [0.15, 0.2) is 18.2 Å². The number of carboxylic acids is 1. The molecule has 1 aliphatic carbocycles. The Labute approximate surface area is 119 Å².